The van der Waals surface area contributed by atoms with Crippen molar-refractivity contribution < 1.29 is 0 Å². The van der Waals surface area contributed by atoms with Crippen molar-refractivity contribution in [3.8, 4) is 0 Å². The van der Waals surface area contributed by atoms with Gasteiger partial charge in [0.25, 0.3) is 0 Å². The van der Waals surface area contributed by atoms with E-state index in [1.54, 1.807) is 12.8 Å². The molecule has 2 N–H and O–H groups in total. The van der Waals surface area contributed by atoms with E-state index in [-0.39, 0.29) is 0 Å². The molecule has 12 unspecified atom stereocenters. The average Bonchev–Trinajstić information content (AvgIpc) is 2.79. The van der Waals surface area contributed by atoms with Gasteiger partial charge in [-0.3, -0.25) is 0 Å². The van der Waals surface area contributed by atoms with Crippen molar-refractivity contribution in [2.24, 2.45) is 76.7 Å². The standard InChI is InChI=1S/C17H25N/c1-6-2-7-3-9(6)13-12(7)16-15-11-8(5-18)4-10(11)14(15)17(13)16/h6-17H,2-5,18H2,1H3. The molecule has 6 rings (SSSR count). The summed E-state index contributed by atoms with van der Waals surface area (Å²) in [6.07, 6.45) is 4.71. The Bertz CT molecular complexity index is 431. The highest BCUT2D eigenvalue weighted by atomic mass is 14.9. The van der Waals surface area contributed by atoms with Crippen LogP contribution in [0, 0.1) is 71.0 Å². The second kappa shape index (κ2) is 2.71. The summed E-state index contributed by atoms with van der Waals surface area (Å²) in [5, 5.41) is 0. The van der Waals surface area contributed by atoms with Gasteiger partial charge in [0.15, 0.2) is 0 Å². The summed E-state index contributed by atoms with van der Waals surface area (Å²) in [5.41, 5.74) is 5.94. The first-order valence-corrected chi connectivity index (χ1v) is 8.51. The van der Waals surface area contributed by atoms with Crippen LogP contribution in [0.25, 0.3) is 0 Å². The van der Waals surface area contributed by atoms with Crippen LogP contribution in [-0.4, -0.2) is 6.54 Å². The SMILES string of the molecule is CC1CC2CC1C1C2C2C3C4C(CN)CC4C3C12. The third kappa shape index (κ3) is 0.730. The van der Waals surface area contributed by atoms with E-state index in [4.69, 9.17) is 5.73 Å². The van der Waals surface area contributed by atoms with Crippen molar-refractivity contribution in [3.05, 3.63) is 0 Å². The molecule has 98 valence electrons. The number of fused-ring (bicyclic) bond motifs is 14. The molecule has 0 heterocycles. The van der Waals surface area contributed by atoms with Crippen LogP contribution in [-0.2, 0) is 0 Å². The summed E-state index contributed by atoms with van der Waals surface area (Å²) < 4.78 is 0. The average molecular weight is 243 g/mol. The fraction of sp³-hybridized carbons (Fsp3) is 1.00. The minimum Gasteiger partial charge on any atom is -0.330 e. The normalized spacial score (nSPS) is 77.0. The molecular formula is C17H25N. The number of nitrogens with two attached hydrogens (primary N) is 1. The lowest BCUT2D eigenvalue weighted by atomic mass is 9.21. The Labute approximate surface area is 110 Å². The molecule has 6 saturated carbocycles. The Morgan fingerprint density at radius 3 is 2.33 bits per heavy atom. The predicted octanol–water partition coefficient (Wildman–Crippen LogP) is 2.61. The quantitative estimate of drug-likeness (QED) is 0.704. The van der Waals surface area contributed by atoms with E-state index >= 15 is 0 Å². The van der Waals surface area contributed by atoms with Crippen LogP contribution in [0.3, 0.4) is 0 Å². The van der Waals surface area contributed by atoms with Crippen molar-refractivity contribution in [1.29, 1.82) is 0 Å². The first-order chi connectivity index (χ1) is 8.81. The first-order valence-electron chi connectivity index (χ1n) is 8.51. The lowest BCUT2D eigenvalue weighted by molar-refractivity contribution is -0.362. The molecule has 0 aliphatic heterocycles. The molecule has 0 aromatic heterocycles. The Morgan fingerprint density at radius 1 is 0.778 bits per heavy atom. The van der Waals surface area contributed by atoms with Crippen molar-refractivity contribution in [1.82, 2.24) is 0 Å². The van der Waals surface area contributed by atoms with Gasteiger partial charge >= 0.3 is 0 Å². The largest absolute Gasteiger partial charge is 0.330 e. The van der Waals surface area contributed by atoms with Crippen molar-refractivity contribution in [3.63, 3.8) is 0 Å². The van der Waals surface area contributed by atoms with Crippen LogP contribution in [0.1, 0.15) is 26.2 Å². The second-order valence-corrected chi connectivity index (χ2v) is 8.81. The summed E-state index contributed by atoms with van der Waals surface area (Å²) in [4.78, 5) is 0. The van der Waals surface area contributed by atoms with Crippen LogP contribution in [0.5, 0.6) is 0 Å². The summed E-state index contributed by atoms with van der Waals surface area (Å²) in [6, 6.07) is 0. The van der Waals surface area contributed by atoms with Crippen molar-refractivity contribution >= 4 is 0 Å². The molecule has 0 amide bonds. The van der Waals surface area contributed by atoms with E-state index in [9.17, 15) is 0 Å². The molecule has 0 aromatic rings. The molecule has 2 bridgehead atoms. The summed E-state index contributed by atoms with van der Waals surface area (Å²) >= 11 is 0. The Hall–Kier alpha value is -0.0400. The highest BCUT2D eigenvalue weighted by Crippen LogP contribution is 2.85. The van der Waals surface area contributed by atoms with Crippen LogP contribution in [0.4, 0.5) is 0 Å². The van der Waals surface area contributed by atoms with E-state index in [1.807, 2.05) is 0 Å². The summed E-state index contributed by atoms with van der Waals surface area (Å²) in [7, 11) is 0. The van der Waals surface area contributed by atoms with Gasteiger partial charge in [-0.2, -0.15) is 0 Å². The maximum Gasteiger partial charge on any atom is -0.00459 e. The second-order valence-electron chi connectivity index (χ2n) is 8.81. The fourth-order valence-electron chi connectivity index (χ4n) is 8.68. The molecule has 6 aliphatic carbocycles. The zero-order chi connectivity index (χ0) is 11.8. The third-order valence-corrected chi connectivity index (χ3v) is 8.99. The summed E-state index contributed by atoms with van der Waals surface area (Å²) in [5.74, 6) is 13.8. The van der Waals surface area contributed by atoms with Gasteiger partial charge in [-0.05, 0) is 96.8 Å². The molecule has 0 saturated heterocycles. The smallest absolute Gasteiger partial charge is 0.00459 e. The summed E-state index contributed by atoms with van der Waals surface area (Å²) in [6.45, 7) is 3.53. The maximum absolute atomic E-state index is 5.94. The van der Waals surface area contributed by atoms with Gasteiger partial charge in [-0.15, -0.1) is 0 Å². The van der Waals surface area contributed by atoms with Gasteiger partial charge in [0, 0.05) is 0 Å². The van der Waals surface area contributed by atoms with Crippen LogP contribution in [0.2, 0.25) is 0 Å². The topological polar surface area (TPSA) is 26.0 Å². The zero-order valence-electron chi connectivity index (χ0n) is 11.3. The van der Waals surface area contributed by atoms with Crippen molar-refractivity contribution in [2.45, 2.75) is 26.2 Å². The Balaban J connectivity index is 1.31. The van der Waals surface area contributed by atoms with Crippen LogP contribution in [0.15, 0.2) is 0 Å². The minimum atomic E-state index is 0.939. The van der Waals surface area contributed by atoms with Gasteiger partial charge in [-0.25, -0.2) is 0 Å². The Morgan fingerprint density at radius 2 is 1.50 bits per heavy atom. The lowest BCUT2D eigenvalue weighted by Crippen LogP contribution is -2.80. The van der Waals surface area contributed by atoms with E-state index in [2.05, 4.69) is 6.92 Å². The van der Waals surface area contributed by atoms with E-state index in [0.29, 0.717) is 0 Å². The number of hydrogen-bond donors (Lipinski definition) is 1. The minimum absolute atomic E-state index is 0.939. The van der Waals surface area contributed by atoms with Gasteiger partial charge in [0.1, 0.15) is 0 Å². The van der Waals surface area contributed by atoms with E-state index in [1.165, 1.54) is 41.9 Å². The molecule has 6 aliphatic rings. The monoisotopic (exact) mass is 243 g/mol. The van der Waals surface area contributed by atoms with Gasteiger partial charge in [0.2, 0.25) is 0 Å². The van der Waals surface area contributed by atoms with E-state index < -0.39 is 0 Å². The van der Waals surface area contributed by atoms with Crippen LogP contribution >= 0.6 is 0 Å². The van der Waals surface area contributed by atoms with Gasteiger partial charge < -0.3 is 5.73 Å². The van der Waals surface area contributed by atoms with E-state index in [0.717, 1.165) is 42.1 Å². The molecule has 0 radical (unpaired) electrons. The molecule has 0 aromatic carbocycles. The Kier molecular flexibility index (Phi) is 1.47. The zero-order valence-corrected chi connectivity index (χ0v) is 11.3. The fourth-order valence-corrected chi connectivity index (χ4v) is 8.68. The molecular weight excluding hydrogens is 218 g/mol. The lowest BCUT2D eigenvalue weighted by Gasteiger charge is -2.83. The van der Waals surface area contributed by atoms with Crippen molar-refractivity contribution in [2.75, 3.05) is 6.54 Å². The third-order valence-electron chi connectivity index (χ3n) is 8.99. The molecule has 12 atom stereocenters. The van der Waals surface area contributed by atoms with Gasteiger partial charge in [0.05, 0.1) is 0 Å². The number of rotatable bonds is 1. The molecule has 18 heavy (non-hydrogen) atoms. The number of hydrogen-bond acceptors (Lipinski definition) is 1. The predicted molar refractivity (Wildman–Crippen MR) is 70.5 cm³/mol. The highest BCUT2D eigenvalue weighted by molar-refractivity contribution is 5.28. The molecule has 1 nitrogen and oxygen atoms in total. The van der Waals surface area contributed by atoms with Gasteiger partial charge in [-0.1, -0.05) is 6.92 Å². The molecule has 1 heteroatoms. The highest BCUT2D eigenvalue weighted by Gasteiger charge is 2.81. The molecule has 0 spiro atoms. The first kappa shape index (κ1) is 9.80. The molecule has 6 fully saturated rings. The van der Waals surface area contributed by atoms with Crippen LogP contribution < -0.4 is 5.73 Å². The maximum atomic E-state index is 5.94.